The second-order valence-corrected chi connectivity index (χ2v) is 4.42. The van der Waals surface area contributed by atoms with Crippen LogP contribution in [0.2, 0.25) is 0 Å². The average Bonchev–Trinajstić information content (AvgIpc) is 2.28. The third-order valence-corrected chi connectivity index (χ3v) is 2.44. The van der Waals surface area contributed by atoms with Gasteiger partial charge < -0.3 is 16.2 Å². The largest absolute Gasteiger partial charge is 0.504 e. The predicted molar refractivity (Wildman–Crippen MR) is 66.5 cm³/mol. The van der Waals surface area contributed by atoms with Gasteiger partial charge in [-0.1, -0.05) is 13.8 Å². The van der Waals surface area contributed by atoms with E-state index in [2.05, 4.69) is 10.3 Å². The molecule has 17 heavy (non-hydrogen) atoms. The van der Waals surface area contributed by atoms with Crippen LogP contribution < -0.4 is 11.1 Å². The molecule has 5 heteroatoms. The lowest BCUT2D eigenvalue weighted by Gasteiger charge is -2.16. The molecule has 1 atom stereocenters. The molecule has 0 bridgehead atoms. The zero-order valence-electron chi connectivity index (χ0n) is 10.2. The van der Waals surface area contributed by atoms with Crippen LogP contribution in [0, 0.1) is 11.8 Å². The van der Waals surface area contributed by atoms with Crippen molar-refractivity contribution in [1.82, 2.24) is 4.98 Å². The molecule has 0 aliphatic rings. The van der Waals surface area contributed by atoms with E-state index in [1.807, 2.05) is 13.8 Å². The van der Waals surface area contributed by atoms with Crippen LogP contribution in [0.3, 0.4) is 0 Å². The van der Waals surface area contributed by atoms with E-state index in [0.29, 0.717) is 5.92 Å². The number of hydrogen-bond donors (Lipinski definition) is 3. The molecule has 1 aromatic heterocycles. The molecule has 4 N–H and O–H groups in total. The van der Waals surface area contributed by atoms with E-state index < -0.39 is 0 Å². The minimum absolute atomic E-state index is 0.0406. The fourth-order valence-electron chi connectivity index (χ4n) is 1.59. The smallest absolute Gasteiger partial charge is 0.230 e. The fourth-order valence-corrected chi connectivity index (χ4v) is 1.59. The number of anilines is 1. The van der Waals surface area contributed by atoms with Gasteiger partial charge >= 0.3 is 0 Å². The van der Waals surface area contributed by atoms with Crippen LogP contribution in [0.5, 0.6) is 5.75 Å². The van der Waals surface area contributed by atoms with Gasteiger partial charge in [0.25, 0.3) is 0 Å². The molecule has 94 valence electrons. The molecule has 0 aliphatic heterocycles. The highest BCUT2D eigenvalue weighted by molar-refractivity contribution is 5.92. The number of nitrogens with zero attached hydrogens (tertiary/aromatic N) is 1. The van der Waals surface area contributed by atoms with Crippen LogP contribution in [-0.4, -0.2) is 22.5 Å². The number of nitrogens with two attached hydrogens (primary N) is 1. The molecular formula is C12H19N3O2. The molecule has 0 spiro atoms. The first-order valence-corrected chi connectivity index (χ1v) is 5.69. The molecular weight excluding hydrogens is 218 g/mol. The van der Waals surface area contributed by atoms with Crippen molar-refractivity contribution in [2.75, 3.05) is 11.9 Å². The summed E-state index contributed by atoms with van der Waals surface area (Å²) in [5, 5.41) is 12.1. The van der Waals surface area contributed by atoms with Gasteiger partial charge in [0, 0.05) is 12.7 Å². The second-order valence-electron chi connectivity index (χ2n) is 4.42. The van der Waals surface area contributed by atoms with Gasteiger partial charge in [-0.15, -0.1) is 0 Å². The Bertz CT molecular complexity index is 380. The lowest BCUT2D eigenvalue weighted by Crippen LogP contribution is -2.30. The van der Waals surface area contributed by atoms with Gasteiger partial charge in [0.2, 0.25) is 5.91 Å². The van der Waals surface area contributed by atoms with Crippen molar-refractivity contribution in [3.05, 3.63) is 18.3 Å². The van der Waals surface area contributed by atoms with Crippen molar-refractivity contribution in [1.29, 1.82) is 0 Å². The predicted octanol–water partition coefficient (Wildman–Crippen LogP) is 1.35. The Morgan fingerprint density at radius 2 is 2.29 bits per heavy atom. The maximum Gasteiger partial charge on any atom is 0.230 e. The Hall–Kier alpha value is -1.62. The summed E-state index contributed by atoms with van der Waals surface area (Å²) in [6.45, 7) is 4.36. The van der Waals surface area contributed by atoms with Gasteiger partial charge in [-0.2, -0.15) is 0 Å². The van der Waals surface area contributed by atoms with Gasteiger partial charge in [0.1, 0.15) is 0 Å². The highest BCUT2D eigenvalue weighted by atomic mass is 16.3. The van der Waals surface area contributed by atoms with E-state index in [9.17, 15) is 9.90 Å². The van der Waals surface area contributed by atoms with Crippen LogP contribution in [0.25, 0.3) is 0 Å². The standard InChI is InChI=1S/C12H19N3O2/c1-8(2)6-9(7-13)12(17)15-11-10(16)4-3-5-14-11/h3-5,8-9,16H,6-7,13H2,1-2H3,(H,14,15,17). The minimum atomic E-state index is -0.253. The Morgan fingerprint density at radius 3 is 2.82 bits per heavy atom. The second kappa shape index (κ2) is 6.20. The SMILES string of the molecule is CC(C)CC(CN)C(=O)Nc1ncccc1O. The number of carbonyl (C=O) groups excluding carboxylic acids is 1. The summed E-state index contributed by atoms with van der Waals surface area (Å²) in [5.74, 6) is 0.0825. The van der Waals surface area contributed by atoms with E-state index >= 15 is 0 Å². The maximum absolute atomic E-state index is 11.9. The van der Waals surface area contributed by atoms with Crippen molar-refractivity contribution in [2.24, 2.45) is 17.6 Å². The van der Waals surface area contributed by atoms with Crippen molar-refractivity contribution < 1.29 is 9.90 Å². The lowest BCUT2D eigenvalue weighted by atomic mass is 9.96. The normalized spacial score (nSPS) is 12.5. The van der Waals surface area contributed by atoms with E-state index in [4.69, 9.17) is 5.73 Å². The molecule has 0 saturated carbocycles. The summed E-state index contributed by atoms with van der Waals surface area (Å²) in [4.78, 5) is 15.8. The molecule has 0 saturated heterocycles. The quantitative estimate of drug-likeness (QED) is 0.721. The zero-order chi connectivity index (χ0) is 12.8. The van der Waals surface area contributed by atoms with Crippen molar-refractivity contribution in [2.45, 2.75) is 20.3 Å². The third kappa shape index (κ3) is 4.03. The summed E-state index contributed by atoms with van der Waals surface area (Å²) in [6.07, 6.45) is 2.23. The van der Waals surface area contributed by atoms with Crippen molar-refractivity contribution in [3.63, 3.8) is 0 Å². The number of pyridine rings is 1. The van der Waals surface area contributed by atoms with Crippen LogP contribution in [0.4, 0.5) is 5.82 Å². The molecule has 1 heterocycles. The molecule has 0 fully saturated rings. The van der Waals surface area contributed by atoms with E-state index in [0.717, 1.165) is 6.42 Å². The molecule has 1 amide bonds. The third-order valence-electron chi connectivity index (χ3n) is 2.44. The first kappa shape index (κ1) is 13.4. The van der Waals surface area contributed by atoms with Crippen LogP contribution in [-0.2, 0) is 4.79 Å². The number of rotatable bonds is 5. The first-order valence-electron chi connectivity index (χ1n) is 5.69. The molecule has 5 nitrogen and oxygen atoms in total. The van der Waals surface area contributed by atoms with Crippen LogP contribution in [0.1, 0.15) is 20.3 Å². The van der Waals surface area contributed by atoms with Crippen LogP contribution in [0.15, 0.2) is 18.3 Å². The molecule has 1 unspecified atom stereocenters. The Balaban J connectivity index is 2.67. The Morgan fingerprint density at radius 1 is 1.59 bits per heavy atom. The molecule has 1 aromatic rings. The number of amides is 1. The molecule has 0 aromatic carbocycles. The first-order chi connectivity index (χ1) is 8.04. The molecule has 0 radical (unpaired) electrons. The van der Waals surface area contributed by atoms with Gasteiger partial charge in [-0.25, -0.2) is 4.98 Å². The summed E-state index contributed by atoms with van der Waals surface area (Å²) in [6, 6.07) is 3.07. The maximum atomic E-state index is 11.9. The van der Waals surface area contributed by atoms with Gasteiger partial charge in [0.15, 0.2) is 11.6 Å². The fraction of sp³-hybridized carbons (Fsp3) is 0.500. The van der Waals surface area contributed by atoms with Gasteiger partial charge in [-0.3, -0.25) is 4.79 Å². The highest BCUT2D eigenvalue weighted by Gasteiger charge is 2.19. The van der Waals surface area contributed by atoms with Crippen molar-refractivity contribution in [3.8, 4) is 5.75 Å². The van der Waals surface area contributed by atoms with E-state index in [-0.39, 0.29) is 29.9 Å². The summed E-state index contributed by atoms with van der Waals surface area (Å²) >= 11 is 0. The minimum Gasteiger partial charge on any atom is -0.504 e. The van der Waals surface area contributed by atoms with E-state index in [1.165, 1.54) is 12.3 Å². The Labute approximate surface area is 101 Å². The molecule has 0 aliphatic carbocycles. The lowest BCUT2D eigenvalue weighted by molar-refractivity contribution is -0.120. The van der Waals surface area contributed by atoms with E-state index in [1.54, 1.807) is 6.07 Å². The average molecular weight is 237 g/mol. The number of hydrogen-bond acceptors (Lipinski definition) is 4. The zero-order valence-corrected chi connectivity index (χ0v) is 10.2. The number of aromatic nitrogens is 1. The van der Waals surface area contributed by atoms with Gasteiger partial charge in [0.05, 0.1) is 5.92 Å². The summed E-state index contributed by atoms with van der Waals surface area (Å²) in [7, 11) is 0. The van der Waals surface area contributed by atoms with Gasteiger partial charge in [-0.05, 0) is 24.5 Å². The summed E-state index contributed by atoms with van der Waals surface area (Å²) < 4.78 is 0. The van der Waals surface area contributed by atoms with Crippen molar-refractivity contribution >= 4 is 11.7 Å². The monoisotopic (exact) mass is 237 g/mol. The topological polar surface area (TPSA) is 88.2 Å². The molecule has 1 rings (SSSR count). The number of carbonyl (C=O) groups is 1. The summed E-state index contributed by atoms with van der Waals surface area (Å²) in [5.41, 5.74) is 5.57. The number of nitrogens with one attached hydrogen (secondary N) is 1. The Kier molecular flexibility index (Phi) is 4.90. The number of aromatic hydroxyl groups is 1. The van der Waals surface area contributed by atoms with Crippen LogP contribution >= 0.6 is 0 Å². The highest BCUT2D eigenvalue weighted by Crippen LogP contribution is 2.20.